The standard InChI is InChI=1S/C8H18N/c1-4-5-6-7-8(2)9-3/h8-9H,1,4-7H2,2-3H3. The zero-order valence-electron chi connectivity index (χ0n) is 6.61. The van der Waals surface area contributed by atoms with Gasteiger partial charge in [0.25, 0.3) is 0 Å². The molecular formula is C8H18N. The van der Waals surface area contributed by atoms with Crippen LogP contribution in [0.5, 0.6) is 0 Å². The van der Waals surface area contributed by atoms with E-state index in [1.165, 1.54) is 19.3 Å². The van der Waals surface area contributed by atoms with Crippen molar-refractivity contribution in [3.63, 3.8) is 0 Å². The smallest absolute Gasteiger partial charge is 0.00357 e. The Hall–Kier alpha value is -0.0400. The number of rotatable bonds is 5. The summed E-state index contributed by atoms with van der Waals surface area (Å²) in [5.41, 5.74) is 0. The van der Waals surface area contributed by atoms with Crippen molar-refractivity contribution in [2.45, 2.75) is 38.6 Å². The van der Waals surface area contributed by atoms with Crippen LogP contribution in [0.2, 0.25) is 0 Å². The maximum absolute atomic E-state index is 3.79. The van der Waals surface area contributed by atoms with E-state index in [1.54, 1.807) is 0 Å². The molecule has 1 unspecified atom stereocenters. The molecule has 1 nitrogen and oxygen atoms in total. The Kier molecular flexibility index (Phi) is 6.06. The van der Waals surface area contributed by atoms with Gasteiger partial charge in [-0.2, -0.15) is 0 Å². The van der Waals surface area contributed by atoms with Gasteiger partial charge in [-0.25, -0.2) is 0 Å². The van der Waals surface area contributed by atoms with E-state index >= 15 is 0 Å². The van der Waals surface area contributed by atoms with Gasteiger partial charge in [-0.05, 0) is 20.4 Å². The average molecular weight is 128 g/mol. The maximum atomic E-state index is 3.79. The molecule has 0 aliphatic rings. The summed E-state index contributed by atoms with van der Waals surface area (Å²) < 4.78 is 0. The lowest BCUT2D eigenvalue weighted by atomic mass is 10.1. The van der Waals surface area contributed by atoms with Crippen LogP contribution in [0.15, 0.2) is 0 Å². The molecule has 0 spiro atoms. The number of nitrogens with one attached hydrogen (secondary N) is 1. The molecule has 0 bridgehead atoms. The van der Waals surface area contributed by atoms with Crippen LogP contribution < -0.4 is 5.32 Å². The topological polar surface area (TPSA) is 12.0 Å². The van der Waals surface area contributed by atoms with Gasteiger partial charge in [-0.15, -0.1) is 0 Å². The van der Waals surface area contributed by atoms with E-state index in [-0.39, 0.29) is 0 Å². The van der Waals surface area contributed by atoms with Crippen molar-refractivity contribution in [3.05, 3.63) is 6.92 Å². The van der Waals surface area contributed by atoms with Gasteiger partial charge in [0.1, 0.15) is 0 Å². The van der Waals surface area contributed by atoms with Crippen LogP contribution >= 0.6 is 0 Å². The first-order valence-electron chi connectivity index (χ1n) is 3.77. The van der Waals surface area contributed by atoms with Crippen molar-refractivity contribution in [2.75, 3.05) is 7.05 Å². The van der Waals surface area contributed by atoms with Gasteiger partial charge in [0.15, 0.2) is 0 Å². The van der Waals surface area contributed by atoms with Crippen molar-refractivity contribution in [3.8, 4) is 0 Å². The Labute approximate surface area is 58.8 Å². The normalized spacial score (nSPS) is 13.7. The molecule has 0 aromatic rings. The van der Waals surface area contributed by atoms with Crippen LogP contribution in [0.4, 0.5) is 0 Å². The molecule has 0 rings (SSSR count). The second-order valence-electron chi connectivity index (χ2n) is 2.54. The van der Waals surface area contributed by atoms with Crippen LogP contribution in [0.1, 0.15) is 32.6 Å². The first-order valence-corrected chi connectivity index (χ1v) is 3.77. The third-order valence-corrected chi connectivity index (χ3v) is 1.63. The fraction of sp³-hybridized carbons (Fsp3) is 0.875. The van der Waals surface area contributed by atoms with Crippen molar-refractivity contribution in [2.24, 2.45) is 0 Å². The van der Waals surface area contributed by atoms with Crippen molar-refractivity contribution in [1.82, 2.24) is 5.32 Å². The second kappa shape index (κ2) is 6.09. The van der Waals surface area contributed by atoms with Crippen LogP contribution in [0.25, 0.3) is 0 Å². The van der Waals surface area contributed by atoms with Gasteiger partial charge in [0, 0.05) is 6.04 Å². The van der Waals surface area contributed by atoms with Gasteiger partial charge in [-0.3, -0.25) is 0 Å². The summed E-state index contributed by atoms with van der Waals surface area (Å²) in [7, 11) is 2.01. The third-order valence-electron chi connectivity index (χ3n) is 1.63. The number of unbranched alkanes of at least 4 members (excludes halogenated alkanes) is 2. The summed E-state index contributed by atoms with van der Waals surface area (Å²) in [6, 6.07) is 0.677. The van der Waals surface area contributed by atoms with Crippen molar-refractivity contribution >= 4 is 0 Å². The Morgan fingerprint density at radius 3 is 2.56 bits per heavy atom. The molecule has 1 heteroatoms. The molecular weight excluding hydrogens is 110 g/mol. The lowest BCUT2D eigenvalue weighted by Crippen LogP contribution is -2.20. The highest BCUT2D eigenvalue weighted by atomic mass is 14.8. The molecule has 1 radical (unpaired) electrons. The van der Waals surface area contributed by atoms with Crippen LogP contribution in [-0.2, 0) is 0 Å². The average Bonchev–Trinajstić information content (AvgIpc) is 1.89. The van der Waals surface area contributed by atoms with Gasteiger partial charge in [-0.1, -0.05) is 26.2 Å². The van der Waals surface area contributed by atoms with E-state index in [4.69, 9.17) is 0 Å². The summed E-state index contributed by atoms with van der Waals surface area (Å²) >= 11 is 0. The van der Waals surface area contributed by atoms with E-state index in [9.17, 15) is 0 Å². The molecule has 0 aromatic heterocycles. The quantitative estimate of drug-likeness (QED) is 0.558. The van der Waals surface area contributed by atoms with E-state index in [0.717, 1.165) is 6.42 Å². The lowest BCUT2D eigenvalue weighted by molar-refractivity contribution is 0.530. The Morgan fingerprint density at radius 1 is 1.44 bits per heavy atom. The van der Waals surface area contributed by atoms with Gasteiger partial charge in [0.2, 0.25) is 0 Å². The van der Waals surface area contributed by atoms with Gasteiger partial charge >= 0.3 is 0 Å². The fourth-order valence-corrected chi connectivity index (χ4v) is 0.772. The summed E-state index contributed by atoms with van der Waals surface area (Å²) in [4.78, 5) is 0. The van der Waals surface area contributed by atoms with Crippen LogP contribution in [0.3, 0.4) is 0 Å². The maximum Gasteiger partial charge on any atom is 0.00357 e. The Morgan fingerprint density at radius 2 is 2.11 bits per heavy atom. The molecule has 0 fully saturated rings. The highest BCUT2D eigenvalue weighted by Gasteiger charge is 1.94. The summed E-state index contributed by atoms with van der Waals surface area (Å²) in [6.07, 6.45) is 4.94. The molecule has 9 heavy (non-hydrogen) atoms. The van der Waals surface area contributed by atoms with E-state index in [2.05, 4.69) is 19.2 Å². The van der Waals surface area contributed by atoms with Gasteiger partial charge < -0.3 is 5.32 Å². The number of hydrogen-bond acceptors (Lipinski definition) is 1. The molecule has 0 amide bonds. The lowest BCUT2D eigenvalue weighted by Gasteiger charge is -2.07. The molecule has 0 saturated carbocycles. The Balaban J connectivity index is 2.88. The predicted molar refractivity (Wildman–Crippen MR) is 42.3 cm³/mol. The fourth-order valence-electron chi connectivity index (χ4n) is 0.772. The molecule has 0 aliphatic heterocycles. The molecule has 1 atom stereocenters. The zero-order chi connectivity index (χ0) is 7.11. The van der Waals surface area contributed by atoms with Crippen molar-refractivity contribution < 1.29 is 0 Å². The SMILES string of the molecule is [CH2]CCCCC(C)NC. The molecule has 0 aliphatic carbocycles. The zero-order valence-corrected chi connectivity index (χ0v) is 6.61. The highest BCUT2D eigenvalue weighted by Crippen LogP contribution is 2.01. The first kappa shape index (κ1) is 8.96. The summed E-state index contributed by atoms with van der Waals surface area (Å²) in [5, 5.41) is 3.20. The largest absolute Gasteiger partial charge is 0.317 e. The van der Waals surface area contributed by atoms with Crippen LogP contribution in [0, 0.1) is 6.92 Å². The Bertz CT molecular complexity index is 52.5. The number of hydrogen-bond donors (Lipinski definition) is 1. The molecule has 0 aromatic carbocycles. The third kappa shape index (κ3) is 5.84. The van der Waals surface area contributed by atoms with Gasteiger partial charge in [0.05, 0.1) is 0 Å². The molecule has 0 heterocycles. The monoisotopic (exact) mass is 128 g/mol. The first-order chi connectivity index (χ1) is 4.31. The van der Waals surface area contributed by atoms with E-state index in [1.807, 2.05) is 7.05 Å². The van der Waals surface area contributed by atoms with Crippen LogP contribution in [-0.4, -0.2) is 13.1 Å². The summed E-state index contributed by atoms with van der Waals surface area (Å²) in [5.74, 6) is 0. The minimum absolute atomic E-state index is 0.677. The molecule has 1 N–H and O–H groups in total. The minimum Gasteiger partial charge on any atom is -0.317 e. The van der Waals surface area contributed by atoms with E-state index in [0.29, 0.717) is 6.04 Å². The van der Waals surface area contributed by atoms with E-state index < -0.39 is 0 Å². The van der Waals surface area contributed by atoms with Crippen molar-refractivity contribution in [1.29, 1.82) is 0 Å². The highest BCUT2D eigenvalue weighted by molar-refractivity contribution is 4.56. The molecule has 55 valence electrons. The minimum atomic E-state index is 0.677. The molecule has 0 saturated heterocycles. The second-order valence-corrected chi connectivity index (χ2v) is 2.54. The summed E-state index contributed by atoms with van der Waals surface area (Å²) in [6.45, 7) is 6.00. The predicted octanol–water partition coefficient (Wildman–Crippen LogP) is 1.99.